The van der Waals surface area contributed by atoms with Crippen LogP contribution in [0.3, 0.4) is 0 Å². The molecule has 0 amide bonds. The second-order valence-electron chi connectivity index (χ2n) is 4.60. The highest BCUT2D eigenvalue weighted by Gasteiger charge is 2.14. The summed E-state index contributed by atoms with van der Waals surface area (Å²) in [5.41, 5.74) is 1.16. The minimum atomic E-state index is -0.960. The smallest absolute Gasteiger partial charge is 0.165 e. The number of halogens is 4. The van der Waals surface area contributed by atoms with E-state index in [0.717, 1.165) is 6.07 Å². The summed E-state index contributed by atoms with van der Waals surface area (Å²) in [7, 11) is 0. The van der Waals surface area contributed by atoms with Gasteiger partial charge in [-0.25, -0.2) is 13.2 Å². The van der Waals surface area contributed by atoms with Gasteiger partial charge in [0.1, 0.15) is 5.52 Å². The van der Waals surface area contributed by atoms with Crippen molar-refractivity contribution in [2.45, 2.75) is 6.92 Å². The zero-order valence-corrected chi connectivity index (χ0v) is 12.4. The number of aromatic nitrogens is 2. The minimum Gasteiger partial charge on any atom is -0.354 e. The van der Waals surface area contributed by atoms with Crippen LogP contribution in [-0.4, -0.2) is 10.2 Å². The zero-order valence-electron chi connectivity index (χ0n) is 10.8. The van der Waals surface area contributed by atoms with Crippen molar-refractivity contribution in [3.8, 4) is 0 Å². The number of aromatic amines is 1. The molecule has 3 aromatic rings. The molecule has 0 radical (unpaired) electrons. The highest BCUT2D eigenvalue weighted by atomic mass is 79.9. The van der Waals surface area contributed by atoms with E-state index in [1.54, 1.807) is 6.07 Å². The Hall–Kier alpha value is -2.02. The van der Waals surface area contributed by atoms with Crippen LogP contribution in [0.2, 0.25) is 0 Å². The Kier molecular flexibility index (Phi) is 3.36. The third-order valence-electron chi connectivity index (χ3n) is 3.11. The maximum Gasteiger partial charge on any atom is 0.165 e. The van der Waals surface area contributed by atoms with Crippen LogP contribution in [-0.2, 0) is 0 Å². The Morgan fingerprint density at radius 1 is 1.14 bits per heavy atom. The quantitative estimate of drug-likeness (QED) is 0.693. The van der Waals surface area contributed by atoms with Crippen LogP contribution in [0.15, 0.2) is 28.9 Å². The van der Waals surface area contributed by atoms with E-state index < -0.39 is 17.5 Å². The number of H-pyrrole nitrogens is 1. The monoisotopic (exact) mass is 355 g/mol. The third-order valence-corrected chi connectivity index (χ3v) is 3.88. The number of nitrogens with zero attached hydrogens (tertiary/aromatic N) is 1. The molecule has 0 unspecified atom stereocenters. The Morgan fingerprint density at radius 2 is 1.90 bits per heavy atom. The van der Waals surface area contributed by atoms with Crippen molar-refractivity contribution in [3.05, 3.63) is 51.9 Å². The molecule has 0 saturated carbocycles. The van der Waals surface area contributed by atoms with Crippen LogP contribution in [0.25, 0.3) is 10.9 Å². The molecule has 0 fully saturated rings. The molecule has 0 saturated heterocycles. The minimum absolute atomic E-state index is 0.165. The molecule has 3 rings (SSSR count). The summed E-state index contributed by atoms with van der Waals surface area (Å²) in [6.07, 6.45) is 1.48. The van der Waals surface area contributed by atoms with Gasteiger partial charge in [0, 0.05) is 17.1 Å². The van der Waals surface area contributed by atoms with Gasteiger partial charge in [0.05, 0.1) is 16.4 Å². The van der Waals surface area contributed by atoms with Gasteiger partial charge in [-0.05, 0) is 40.5 Å². The first-order chi connectivity index (χ1) is 9.97. The van der Waals surface area contributed by atoms with E-state index in [0.29, 0.717) is 16.8 Å². The molecule has 7 heteroatoms. The van der Waals surface area contributed by atoms with Crippen LogP contribution in [0.4, 0.5) is 24.5 Å². The fraction of sp³-hybridized carbons (Fsp3) is 0.0714. The van der Waals surface area contributed by atoms with E-state index in [1.165, 1.54) is 19.2 Å². The number of benzene rings is 2. The topological polar surface area (TPSA) is 40.7 Å². The molecule has 21 heavy (non-hydrogen) atoms. The largest absolute Gasteiger partial charge is 0.354 e. The molecule has 2 aromatic carbocycles. The van der Waals surface area contributed by atoms with Gasteiger partial charge >= 0.3 is 0 Å². The van der Waals surface area contributed by atoms with Gasteiger partial charge in [-0.15, -0.1) is 0 Å². The van der Waals surface area contributed by atoms with Crippen molar-refractivity contribution in [2.75, 3.05) is 5.32 Å². The normalized spacial score (nSPS) is 11.1. The molecule has 0 bridgehead atoms. The third kappa shape index (κ3) is 2.37. The summed E-state index contributed by atoms with van der Waals surface area (Å²) in [5, 5.41) is 9.76. The first kappa shape index (κ1) is 13.9. The predicted octanol–water partition coefficient (Wildman–Crippen LogP) is 4.79. The Labute approximate surface area is 126 Å². The van der Waals surface area contributed by atoms with Crippen molar-refractivity contribution >= 4 is 38.2 Å². The van der Waals surface area contributed by atoms with Crippen LogP contribution in [0, 0.1) is 24.4 Å². The van der Waals surface area contributed by atoms with E-state index in [1.807, 2.05) is 0 Å². The Balaban J connectivity index is 2.07. The molecule has 3 nitrogen and oxygen atoms in total. The Morgan fingerprint density at radius 3 is 2.62 bits per heavy atom. The van der Waals surface area contributed by atoms with Crippen molar-refractivity contribution in [3.63, 3.8) is 0 Å². The fourth-order valence-corrected chi connectivity index (χ4v) is 2.48. The highest BCUT2D eigenvalue weighted by molar-refractivity contribution is 9.10. The summed E-state index contributed by atoms with van der Waals surface area (Å²) >= 11 is 3.14. The van der Waals surface area contributed by atoms with Gasteiger partial charge in [0.2, 0.25) is 0 Å². The molecule has 0 aliphatic rings. The standard InChI is InChI=1S/C14H9BrF3N3/c1-6-2-8(4-9(16)12(6)17)20-10-3-7-5-19-21-14(7)13(18)11(10)15/h2-5,20H,1H3,(H,19,21). The van der Waals surface area contributed by atoms with E-state index in [9.17, 15) is 13.2 Å². The lowest BCUT2D eigenvalue weighted by molar-refractivity contribution is 0.503. The van der Waals surface area contributed by atoms with Gasteiger partial charge in [-0.1, -0.05) is 0 Å². The lowest BCUT2D eigenvalue weighted by atomic mass is 10.2. The summed E-state index contributed by atoms with van der Waals surface area (Å²) in [4.78, 5) is 0. The summed E-state index contributed by atoms with van der Waals surface area (Å²) in [6, 6.07) is 4.12. The van der Waals surface area contributed by atoms with Gasteiger partial charge in [-0.3, -0.25) is 5.10 Å². The van der Waals surface area contributed by atoms with Crippen LogP contribution < -0.4 is 5.32 Å². The number of hydrogen-bond acceptors (Lipinski definition) is 2. The second-order valence-corrected chi connectivity index (χ2v) is 5.39. The molecular formula is C14H9BrF3N3. The van der Waals surface area contributed by atoms with Crippen molar-refractivity contribution in [1.29, 1.82) is 0 Å². The fourth-order valence-electron chi connectivity index (χ4n) is 2.07. The van der Waals surface area contributed by atoms with Crippen LogP contribution in [0.5, 0.6) is 0 Å². The number of hydrogen-bond donors (Lipinski definition) is 2. The SMILES string of the molecule is Cc1cc(Nc2cc3cn[nH]c3c(F)c2Br)cc(F)c1F. The van der Waals surface area contributed by atoms with E-state index in [-0.39, 0.29) is 15.6 Å². The lowest BCUT2D eigenvalue weighted by Crippen LogP contribution is -1.97. The molecule has 0 aliphatic carbocycles. The molecule has 1 heterocycles. The second kappa shape index (κ2) is 5.07. The van der Waals surface area contributed by atoms with Gasteiger partial charge in [-0.2, -0.15) is 5.10 Å². The number of aryl methyl sites for hydroxylation is 1. The number of nitrogens with one attached hydrogen (secondary N) is 2. The number of fused-ring (bicyclic) bond motifs is 1. The van der Waals surface area contributed by atoms with Gasteiger partial charge < -0.3 is 5.32 Å². The summed E-state index contributed by atoms with van der Waals surface area (Å²) in [6.45, 7) is 1.46. The average Bonchev–Trinajstić information content (AvgIpc) is 2.90. The molecule has 108 valence electrons. The van der Waals surface area contributed by atoms with E-state index in [2.05, 4.69) is 31.4 Å². The Bertz CT molecular complexity index is 822. The summed E-state index contributed by atoms with van der Waals surface area (Å²) in [5.74, 6) is -2.36. The molecule has 0 aliphatic heterocycles. The first-order valence-electron chi connectivity index (χ1n) is 6.01. The van der Waals surface area contributed by atoms with Crippen molar-refractivity contribution in [2.24, 2.45) is 0 Å². The van der Waals surface area contributed by atoms with Crippen LogP contribution >= 0.6 is 15.9 Å². The lowest BCUT2D eigenvalue weighted by Gasteiger charge is -2.11. The molecule has 1 aromatic heterocycles. The maximum atomic E-state index is 14.1. The first-order valence-corrected chi connectivity index (χ1v) is 6.80. The van der Waals surface area contributed by atoms with Gasteiger partial charge in [0.15, 0.2) is 17.5 Å². The average molecular weight is 356 g/mol. The molecule has 0 atom stereocenters. The summed E-state index contributed by atoms with van der Waals surface area (Å²) < 4.78 is 41.0. The number of anilines is 2. The molecular weight excluding hydrogens is 347 g/mol. The highest BCUT2D eigenvalue weighted by Crippen LogP contribution is 2.33. The number of rotatable bonds is 2. The van der Waals surface area contributed by atoms with E-state index >= 15 is 0 Å². The predicted molar refractivity (Wildman–Crippen MR) is 78.1 cm³/mol. The van der Waals surface area contributed by atoms with Gasteiger partial charge in [0.25, 0.3) is 0 Å². The van der Waals surface area contributed by atoms with Crippen molar-refractivity contribution < 1.29 is 13.2 Å². The van der Waals surface area contributed by atoms with E-state index in [4.69, 9.17) is 0 Å². The maximum absolute atomic E-state index is 14.1. The van der Waals surface area contributed by atoms with Crippen molar-refractivity contribution in [1.82, 2.24) is 10.2 Å². The van der Waals surface area contributed by atoms with Crippen LogP contribution in [0.1, 0.15) is 5.56 Å². The molecule has 2 N–H and O–H groups in total. The zero-order chi connectivity index (χ0) is 15.1. The molecule has 0 spiro atoms.